The summed E-state index contributed by atoms with van der Waals surface area (Å²) in [5.74, 6) is -1.24. The van der Waals surface area contributed by atoms with Crippen LogP contribution >= 0.6 is 12.6 Å². The number of benzene rings is 1. The summed E-state index contributed by atoms with van der Waals surface area (Å²) in [6.07, 6.45) is 0. The molecule has 16 heavy (non-hydrogen) atoms. The first-order valence-corrected chi connectivity index (χ1v) is 4.96. The van der Waals surface area contributed by atoms with E-state index in [4.69, 9.17) is 0 Å². The number of hydrogen-bond acceptors (Lipinski definition) is 3. The van der Waals surface area contributed by atoms with Crippen LogP contribution in [0.2, 0.25) is 0 Å². The van der Waals surface area contributed by atoms with Crippen molar-refractivity contribution in [2.45, 2.75) is 4.90 Å². The van der Waals surface area contributed by atoms with Crippen LogP contribution in [0, 0.1) is 5.82 Å². The van der Waals surface area contributed by atoms with E-state index in [1.165, 1.54) is 19.2 Å². The van der Waals surface area contributed by atoms with E-state index in [1.807, 2.05) is 0 Å². The first kappa shape index (κ1) is 12.5. The highest BCUT2D eigenvalue weighted by Crippen LogP contribution is 2.13. The number of halogens is 1. The fraction of sp³-hybridized carbons (Fsp3) is 0.200. The summed E-state index contributed by atoms with van der Waals surface area (Å²) in [6.45, 7) is -0.116. The number of nitrogens with one attached hydrogen (secondary N) is 2. The first-order chi connectivity index (χ1) is 7.54. The second-order valence-corrected chi connectivity index (χ2v) is 3.50. The van der Waals surface area contributed by atoms with Crippen LogP contribution < -0.4 is 10.6 Å². The molecule has 0 bridgehead atoms. The summed E-state index contributed by atoms with van der Waals surface area (Å²) in [6, 6.07) is 3.78. The molecule has 6 heteroatoms. The molecule has 0 saturated heterocycles. The van der Waals surface area contributed by atoms with Crippen molar-refractivity contribution in [3.05, 3.63) is 29.6 Å². The standard InChI is InChI=1S/C10H11FN2O2S/c1-12-9(14)5-13-10(15)6-2-3-7(11)8(16)4-6/h2-4,16H,5H2,1H3,(H,12,14)(H,13,15). The molecule has 0 saturated carbocycles. The topological polar surface area (TPSA) is 58.2 Å². The molecule has 0 aliphatic heterocycles. The van der Waals surface area contributed by atoms with Crippen molar-refractivity contribution in [1.82, 2.24) is 10.6 Å². The number of thiol groups is 1. The van der Waals surface area contributed by atoms with Crippen LogP contribution in [0.15, 0.2) is 23.1 Å². The Balaban J connectivity index is 2.66. The van der Waals surface area contributed by atoms with Gasteiger partial charge in [0.25, 0.3) is 5.91 Å². The molecule has 1 aromatic rings. The average molecular weight is 242 g/mol. The van der Waals surface area contributed by atoms with Gasteiger partial charge in [-0.2, -0.15) is 0 Å². The first-order valence-electron chi connectivity index (χ1n) is 4.52. The maximum absolute atomic E-state index is 12.9. The zero-order chi connectivity index (χ0) is 12.1. The van der Waals surface area contributed by atoms with Crippen LogP contribution in [-0.4, -0.2) is 25.4 Å². The molecule has 0 aliphatic carbocycles. The summed E-state index contributed by atoms with van der Waals surface area (Å²) >= 11 is 3.85. The number of rotatable bonds is 3. The van der Waals surface area contributed by atoms with E-state index in [0.717, 1.165) is 6.07 Å². The second-order valence-electron chi connectivity index (χ2n) is 3.02. The molecule has 4 nitrogen and oxygen atoms in total. The third-order valence-corrected chi connectivity index (χ3v) is 2.24. The smallest absolute Gasteiger partial charge is 0.251 e. The van der Waals surface area contributed by atoms with Gasteiger partial charge >= 0.3 is 0 Å². The van der Waals surface area contributed by atoms with E-state index in [2.05, 4.69) is 23.3 Å². The van der Waals surface area contributed by atoms with Gasteiger partial charge in [-0.25, -0.2) is 4.39 Å². The minimum absolute atomic E-state index is 0.0904. The summed E-state index contributed by atoms with van der Waals surface area (Å²) < 4.78 is 12.9. The molecule has 0 aromatic heterocycles. The van der Waals surface area contributed by atoms with E-state index >= 15 is 0 Å². The van der Waals surface area contributed by atoms with Gasteiger partial charge in [0.1, 0.15) is 5.82 Å². The lowest BCUT2D eigenvalue weighted by atomic mass is 10.2. The zero-order valence-electron chi connectivity index (χ0n) is 8.58. The largest absolute Gasteiger partial charge is 0.358 e. The molecular formula is C10H11FN2O2S. The Morgan fingerprint density at radius 1 is 1.44 bits per heavy atom. The molecule has 0 spiro atoms. The van der Waals surface area contributed by atoms with Crippen molar-refractivity contribution in [3.8, 4) is 0 Å². The highest BCUT2D eigenvalue weighted by atomic mass is 32.1. The van der Waals surface area contributed by atoms with Crippen molar-refractivity contribution in [3.63, 3.8) is 0 Å². The Morgan fingerprint density at radius 3 is 2.69 bits per heavy atom. The van der Waals surface area contributed by atoms with Crippen molar-refractivity contribution in [1.29, 1.82) is 0 Å². The van der Waals surface area contributed by atoms with Crippen LogP contribution in [-0.2, 0) is 4.79 Å². The molecule has 0 heterocycles. The molecule has 1 aromatic carbocycles. The van der Waals surface area contributed by atoms with Gasteiger partial charge in [-0.05, 0) is 18.2 Å². The quantitative estimate of drug-likeness (QED) is 0.679. The van der Waals surface area contributed by atoms with E-state index in [9.17, 15) is 14.0 Å². The van der Waals surface area contributed by atoms with Gasteiger partial charge in [0.05, 0.1) is 6.54 Å². The lowest BCUT2D eigenvalue weighted by Gasteiger charge is -2.05. The number of amides is 2. The van der Waals surface area contributed by atoms with Crippen molar-refractivity contribution >= 4 is 24.4 Å². The third-order valence-electron chi connectivity index (χ3n) is 1.90. The van der Waals surface area contributed by atoms with E-state index in [0.29, 0.717) is 0 Å². The van der Waals surface area contributed by atoms with Crippen molar-refractivity contribution in [2.75, 3.05) is 13.6 Å². The maximum Gasteiger partial charge on any atom is 0.251 e. The third kappa shape index (κ3) is 3.23. The van der Waals surface area contributed by atoms with Gasteiger partial charge in [-0.15, -0.1) is 12.6 Å². The minimum atomic E-state index is -0.494. The molecule has 86 valence electrons. The summed E-state index contributed by atoms with van der Waals surface area (Å²) in [7, 11) is 1.47. The summed E-state index contributed by atoms with van der Waals surface area (Å²) in [5.41, 5.74) is 0.260. The van der Waals surface area contributed by atoms with Crippen molar-refractivity contribution < 1.29 is 14.0 Å². The predicted molar refractivity (Wildman–Crippen MR) is 60.1 cm³/mol. The number of carbonyl (C=O) groups excluding carboxylic acids is 2. The fourth-order valence-electron chi connectivity index (χ4n) is 1.00. The number of hydrogen-bond donors (Lipinski definition) is 3. The molecule has 0 fully saturated rings. The van der Waals surface area contributed by atoms with Gasteiger partial charge in [-0.1, -0.05) is 0 Å². The molecule has 0 atom stereocenters. The van der Waals surface area contributed by atoms with Gasteiger partial charge in [0, 0.05) is 17.5 Å². The normalized spacial score (nSPS) is 9.69. The molecule has 2 amide bonds. The molecule has 1 rings (SSSR count). The average Bonchev–Trinajstić information content (AvgIpc) is 2.29. The van der Waals surface area contributed by atoms with Crippen molar-refractivity contribution in [2.24, 2.45) is 0 Å². The Labute approximate surface area is 97.6 Å². The Morgan fingerprint density at radius 2 is 2.12 bits per heavy atom. The van der Waals surface area contributed by atoms with Crippen LogP contribution in [0.5, 0.6) is 0 Å². The van der Waals surface area contributed by atoms with Crippen LogP contribution in [0.25, 0.3) is 0 Å². The maximum atomic E-state index is 12.9. The van der Waals surface area contributed by atoms with E-state index < -0.39 is 11.7 Å². The Kier molecular flexibility index (Phi) is 4.30. The highest BCUT2D eigenvalue weighted by Gasteiger charge is 2.08. The summed E-state index contributed by atoms with van der Waals surface area (Å²) in [5, 5.41) is 4.75. The second kappa shape index (κ2) is 5.50. The fourth-order valence-corrected chi connectivity index (χ4v) is 1.22. The predicted octanol–water partition coefficient (Wildman–Crippen LogP) is 0.590. The molecule has 0 unspecified atom stereocenters. The van der Waals surface area contributed by atoms with Gasteiger partial charge in [0.2, 0.25) is 5.91 Å². The Bertz CT molecular complexity index is 423. The minimum Gasteiger partial charge on any atom is -0.358 e. The summed E-state index contributed by atoms with van der Waals surface area (Å²) in [4.78, 5) is 22.4. The van der Waals surface area contributed by atoms with Crippen LogP contribution in [0.4, 0.5) is 4.39 Å². The molecule has 2 N–H and O–H groups in total. The molecule has 0 aliphatic rings. The lowest BCUT2D eigenvalue weighted by Crippen LogP contribution is -2.35. The Hall–Kier alpha value is -1.56. The number of likely N-dealkylation sites (N-methyl/N-ethyl adjacent to an activating group) is 1. The van der Waals surface area contributed by atoms with Gasteiger partial charge in [0.15, 0.2) is 0 Å². The zero-order valence-corrected chi connectivity index (χ0v) is 9.48. The van der Waals surface area contributed by atoms with Crippen LogP contribution in [0.3, 0.4) is 0 Å². The monoisotopic (exact) mass is 242 g/mol. The molecule has 0 radical (unpaired) electrons. The lowest BCUT2D eigenvalue weighted by molar-refractivity contribution is -0.119. The van der Waals surface area contributed by atoms with E-state index in [-0.39, 0.29) is 22.9 Å². The molecular weight excluding hydrogens is 231 g/mol. The van der Waals surface area contributed by atoms with E-state index in [1.54, 1.807) is 0 Å². The van der Waals surface area contributed by atoms with Gasteiger partial charge < -0.3 is 10.6 Å². The van der Waals surface area contributed by atoms with Gasteiger partial charge in [-0.3, -0.25) is 9.59 Å². The van der Waals surface area contributed by atoms with Crippen LogP contribution in [0.1, 0.15) is 10.4 Å². The SMILES string of the molecule is CNC(=O)CNC(=O)c1ccc(F)c(S)c1. The number of carbonyl (C=O) groups is 2. The highest BCUT2D eigenvalue weighted by molar-refractivity contribution is 7.80.